The monoisotopic (exact) mass is 211 g/mol. The van der Waals surface area contributed by atoms with Gasteiger partial charge in [0.15, 0.2) is 0 Å². The first-order valence-electron chi connectivity index (χ1n) is 5.19. The molecule has 2 rings (SSSR count). The van der Waals surface area contributed by atoms with Crippen molar-refractivity contribution in [3.05, 3.63) is 16.1 Å². The van der Waals surface area contributed by atoms with Crippen LogP contribution in [-0.2, 0) is 13.0 Å². The van der Waals surface area contributed by atoms with Crippen LogP contribution >= 0.6 is 11.3 Å². The molecule has 0 amide bonds. The highest BCUT2D eigenvalue weighted by Crippen LogP contribution is 2.18. The molecule has 1 aromatic heterocycles. The van der Waals surface area contributed by atoms with E-state index < -0.39 is 0 Å². The summed E-state index contributed by atoms with van der Waals surface area (Å²) in [6, 6.07) is 0.383. The van der Waals surface area contributed by atoms with Crippen molar-refractivity contribution < 1.29 is 0 Å². The van der Waals surface area contributed by atoms with Gasteiger partial charge in [0.05, 0.1) is 5.01 Å². The van der Waals surface area contributed by atoms with E-state index in [-0.39, 0.29) is 0 Å². The lowest BCUT2D eigenvalue weighted by molar-refractivity contribution is 0.329. The van der Waals surface area contributed by atoms with Gasteiger partial charge in [-0.15, -0.1) is 11.3 Å². The summed E-state index contributed by atoms with van der Waals surface area (Å²) in [6.45, 7) is 5.36. The first-order chi connectivity index (χ1) is 6.78. The summed E-state index contributed by atoms with van der Waals surface area (Å²) < 4.78 is 0. The predicted octanol–water partition coefficient (Wildman–Crippen LogP) is 1.24. The zero-order valence-corrected chi connectivity index (χ0v) is 9.39. The molecule has 2 N–H and O–H groups in total. The molecule has 0 bridgehead atoms. The SMILES string of the molecule is CCc1ncc(CN2CC[C@@H](N)C2)s1. The maximum atomic E-state index is 5.86. The van der Waals surface area contributed by atoms with E-state index in [0.29, 0.717) is 6.04 Å². The number of likely N-dealkylation sites (tertiary alicyclic amines) is 1. The van der Waals surface area contributed by atoms with Crippen molar-refractivity contribution in [2.24, 2.45) is 5.73 Å². The van der Waals surface area contributed by atoms with Gasteiger partial charge in [0.25, 0.3) is 0 Å². The second-order valence-electron chi connectivity index (χ2n) is 3.86. The molecule has 1 fully saturated rings. The standard InChI is InChI=1S/C10H17N3S/c1-2-10-12-5-9(14-10)7-13-4-3-8(11)6-13/h5,8H,2-4,6-7,11H2,1H3/t8-/m1/s1. The Morgan fingerprint density at radius 3 is 3.14 bits per heavy atom. The van der Waals surface area contributed by atoms with Crippen LogP contribution in [0.15, 0.2) is 6.20 Å². The molecule has 0 aliphatic carbocycles. The second-order valence-corrected chi connectivity index (χ2v) is 5.06. The number of aryl methyl sites for hydroxylation is 1. The van der Waals surface area contributed by atoms with Gasteiger partial charge >= 0.3 is 0 Å². The van der Waals surface area contributed by atoms with E-state index in [1.165, 1.54) is 9.88 Å². The van der Waals surface area contributed by atoms with Gasteiger partial charge in [-0.1, -0.05) is 6.92 Å². The van der Waals surface area contributed by atoms with Crippen LogP contribution in [0.3, 0.4) is 0 Å². The molecule has 1 aliphatic heterocycles. The average Bonchev–Trinajstić information content (AvgIpc) is 2.76. The predicted molar refractivity (Wildman–Crippen MR) is 59.4 cm³/mol. The molecule has 0 radical (unpaired) electrons. The third-order valence-electron chi connectivity index (χ3n) is 2.59. The van der Waals surface area contributed by atoms with Crippen LogP contribution in [0.5, 0.6) is 0 Å². The number of hydrogen-bond donors (Lipinski definition) is 1. The van der Waals surface area contributed by atoms with Crippen molar-refractivity contribution >= 4 is 11.3 Å². The third-order valence-corrected chi connectivity index (χ3v) is 3.72. The highest BCUT2D eigenvalue weighted by molar-refractivity contribution is 7.11. The van der Waals surface area contributed by atoms with Crippen molar-refractivity contribution in [1.29, 1.82) is 0 Å². The van der Waals surface area contributed by atoms with Crippen LogP contribution in [0.1, 0.15) is 23.2 Å². The number of thiazole rings is 1. The van der Waals surface area contributed by atoms with Crippen LogP contribution in [0.4, 0.5) is 0 Å². The normalized spacial score (nSPS) is 23.1. The lowest BCUT2D eigenvalue weighted by Crippen LogP contribution is -2.25. The van der Waals surface area contributed by atoms with Gasteiger partial charge in [0.2, 0.25) is 0 Å². The number of aromatic nitrogens is 1. The van der Waals surface area contributed by atoms with Crippen molar-refractivity contribution in [3.63, 3.8) is 0 Å². The molecule has 1 aromatic rings. The van der Waals surface area contributed by atoms with Gasteiger partial charge in [0, 0.05) is 36.8 Å². The van der Waals surface area contributed by atoms with Crippen molar-refractivity contribution in [1.82, 2.24) is 9.88 Å². The van der Waals surface area contributed by atoms with E-state index in [0.717, 1.165) is 32.5 Å². The first kappa shape index (κ1) is 10.1. The molecule has 1 aliphatic rings. The van der Waals surface area contributed by atoms with Crippen LogP contribution in [0, 0.1) is 0 Å². The number of hydrogen-bond acceptors (Lipinski definition) is 4. The van der Waals surface area contributed by atoms with Gasteiger partial charge in [0.1, 0.15) is 0 Å². The van der Waals surface area contributed by atoms with Crippen molar-refractivity contribution in [3.8, 4) is 0 Å². The summed E-state index contributed by atoms with van der Waals surface area (Å²) in [5.74, 6) is 0. The molecular formula is C10H17N3S. The minimum Gasteiger partial charge on any atom is -0.326 e. The molecule has 0 spiro atoms. The third kappa shape index (κ3) is 2.32. The summed E-state index contributed by atoms with van der Waals surface area (Å²) in [7, 11) is 0. The zero-order chi connectivity index (χ0) is 9.97. The number of nitrogens with two attached hydrogens (primary N) is 1. The molecule has 4 heteroatoms. The topological polar surface area (TPSA) is 42.2 Å². The summed E-state index contributed by atoms with van der Waals surface area (Å²) in [5.41, 5.74) is 5.86. The Balaban J connectivity index is 1.90. The highest BCUT2D eigenvalue weighted by Gasteiger charge is 2.19. The minimum atomic E-state index is 0.383. The Kier molecular flexibility index (Phi) is 3.15. The largest absolute Gasteiger partial charge is 0.326 e. The molecule has 1 atom stereocenters. The van der Waals surface area contributed by atoms with Gasteiger partial charge in [-0.05, 0) is 12.8 Å². The first-order valence-corrected chi connectivity index (χ1v) is 6.01. The Labute approximate surface area is 88.9 Å². The van der Waals surface area contributed by atoms with Crippen molar-refractivity contribution in [2.45, 2.75) is 32.4 Å². The van der Waals surface area contributed by atoms with Crippen LogP contribution in [0.2, 0.25) is 0 Å². The lowest BCUT2D eigenvalue weighted by Gasteiger charge is -2.12. The van der Waals surface area contributed by atoms with Gasteiger partial charge in [-0.2, -0.15) is 0 Å². The summed E-state index contributed by atoms with van der Waals surface area (Å²) in [5, 5.41) is 1.24. The van der Waals surface area contributed by atoms with Crippen molar-refractivity contribution in [2.75, 3.05) is 13.1 Å². The summed E-state index contributed by atoms with van der Waals surface area (Å²) in [4.78, 5) is 8.14. The van der Waals surface area contributed by atoms with Gasteiger partial charge in [-0.25, -0.2) is 4.98 Å². The van der Waals surface area contributed by atoms with Gasteiger partial charge in [-0.3, -0.25) is 4.90 Å². The molecule has 2 heterocycles. The molecule has 1 saturated heterocycles. The quantitative estimate of drug-likeness (QED) is 0.818. The van der Waals surface area contributed by atoms with Gasteiger partial charge < -0.3 is 5.73 Å². The van der Waals surface area contributed by atoms with E-state index in [2.05, 4.69) is 16.8 Å². The molecule has 0 aromatic carbocycles. The lowest BCUT2D eigenvalue weighted by atomic mass is 10.3. The fourth-order valence-corrected chi connectivity index (χ4v) is 2.72. The molecule has 78 valence electrons. The van der Waals surface area contributed by atoms with E-state index in [1.807, 2.05) is 17.5 Å². The van der Waals surface area contributed by atoms with E-state index in [4.69, 9.17) is 5.73 Å². The molecule has 0 unspecified atom stereocenters. The van der Waals surface area contributed by atoms with Crippen LogP contribution in [-0.4, -0.2) is 29.0 Å². The second kappa shape index (κ2) is 4.38. The summed E-state index contributed by atoms with van der Waals surface area (Å²) in [6.07, 6.45) is 4.19. The van der Waals surface area contributed by atoms with Crippen LogP contribution in [0.25, 0.3) is 0 Å². The molecule has 14 heavy (non-hydrogen) atoms. The average molecular weight is 211 g/mol. The smallest absolute Gasteiger partial charge is 0.0925 e. The minimum absolute atomic E-state index is 0.383. The Hall–Kier alpha value is -0.450. The maximum Gasteiger partial charge on any atom is 0.0925 e. The number of rotatable bonds is 3. The molecule has 3 nitrogen and oxygen atoms in total. The Bertz CT molecular complexity index is 297. The molecular weight excluding hydrogens is 194 g/mol. The fourth-order valence-electron chi connectivity index (χ4n) is 1.81. The van der Waals surface area contributed by atoms with Crippen LogP contribution < -0.4 is 5.73 Å². The van der Waals surface area contributed by atoms with E-state index >= 15 is 0 Å². The molecule has 0 saturated carbocycles. The maximum absolute atomic E-state index is 5.86. The fraction of sp³-hybridized carbons (Fsp3) is 0.700. The summed E-state index contributed by atoms with van der Waals surface area (Å²) >= 11 is 1.83. The Morgan fingerprint density at radius 1 is 1.71 bits per heavy atom. The highest BCUT2D eigenvalue weighted by atomic mass is 32.1. The Morgan fingerprint density at radius 2 is 2.57 bits per heavy atom. The number of nitrogens with zero attached hydrogens (tertiary/aromatic N) is 2. The zero-order valence-electron chi connectivity index (χ0n) is 8.57. The van der Waals surface area contributed by atoms with E-state index in [1.54, 1.807) is 0 Å². The van der Waals surface area contributed by atoms with E-state index in [9.17, 15) is 0 Å².